The molecule has 0 aromatic carbocycles. The van der Waals surface area contributed by atoms with Crippen LogP contribution in [0.25, 0.3) is 0 Å². The Balaban J connectivity index is 1.28. The van der Waals surface area contributed by atoms with Crippen LogP contribution in [0.3, 0.4) is 0 Å². The Morgan fingerprint density at radius 2 is 1.70 bits per heavy atom. The van der Waals surface area contributed by atoms with Crippen LogP contribution in [0.15, 0.2) is 0 Å². The number of Topliss-reactive ketones (excluding diaryl/α,β-unsaturated/α-hetero) is 1. The van der Waals surface area contributed by atoms with Crippen LogP contribution in [0.5, 0.6) is 0 Å². The lowest BCUT2D eigenvalue weighted by Crippen LogP contribution is -2.58. The molecule has 0 aromatic rings. The maximum atomic E-state index is 13.2. The zero-order valence-electron chi connectivity index (χ0n) is 19.4. The van der Waals surface area contributed by atoms with E-state index in [2.05, 4.69) is 25.7 Å². The van der Waals surface area contributed by atoms with Crippen molar-refractivity contribution in [1.82, 2.24) is 4.90 Å². The van der Waals surface area contributed by atoms with Gasteiger partial charge in [0.25, 0.3) is 0 Å². The average Bonchev–Trinajstić information content (AvgIpc) is 3.09. The zero-order valence-corrected chi connectivity index (χ0v) is 19.4. The Hall–Kier alpha value is -0.410. The van der Waals surface area contributed by atoms with E-state index in [4.69, 9.17) is 0 Å². The number of aliphatic hydroxyl groups excluding tert-OH is 1. The molecule has 0 bridgehead atoms. The molecule has 2 aliphatic heterocycles. The van der Waals surface area contributed by atoms with Gasteiger partial charge in [-0.3, -0.25) is 9.69 Å². The van der Waals surface area contributed by atoms with Gasteiger partial charge in [0.2, 0.25) is 0 Å². The molecule has 0 spiro atoms. The summed E-state index contributed by atoms with van der Waals surface area (Å²) >= 11 is 0. The minimum atomic E-state index is -0.242. The normalized spacial score (nSPS) is 58.3. The number of carbonyl (C=O) groups is 1. The van der Waals surface area contributed by atoms with E-state index in [1.807, 2.05) is 0 Å². The third-order valence-electron chi connectivity index (χ3n) is 11.8. The minimum absolute atomic E-state index is 0.135. The van der Waals surface area contributed by atoms with Gasteiger partial charge in [0.15, 0.2) is 0 Å². The SMILES string of the molecule is C[C@H]1CC[C@@H]2[C@H](C)[C@@H]3CC[C@@H]4[C@H](C[C@H]5[C@H]4CC(=O)[C@H]4C[C@@H](O)CC[C@@]45C)[C@@H]3CN2C1. The first kappa shape index (κ1) is 20.2. The molecule has 4 saturated carbocycles. The number of nitrogens with zero attached hydrogens (tertiary/aromatic N) is 1. The smallest absolute Gasteiger partial charge is 0.136 e. The summed E-state index contributed by atoms with van der Waals surface area (Å²) in [4.78, 5) is 16.1. The molecule has 0 unspecified atom stereocenters. The summed E-state index contributed by atoms with van der Waals surface area (Å²) in [5, 5.41) is 10.3. The lowest BCUT2D eigenvalue weighted by molar-refractivity contribution is -0.145. The Morgan fingerprint density at radius 1 is 0.900 bits per heavy atom. The quantitative estimate of drug-likeness (QED) is 0.622. The Bertz CT molecular complexity index is 705. The second-order valence-corrected chi connectivity index (χ2v) is 13.0. The van der Waals surface area contributed by atoms with Crippen molar-refractivity contribution in [1.29, 1.82) is 0 Å². The molecule has 6 fully saturated rings. The lowest BCUT2D eigenvalue weighted by Gasteiger charge is -2.56. The van der Waals surface area contributed by atoms with Crippen LogP contribution < -0.4 is 0 Å². The molecule has 6 rings (SSSR count). The molecule has 12 atom stereocenters. The molecule has 0 aromatic heterocycles. The Kier molecular flexibility index (Phi) is 4.75. The number of carbonyl (C=O) groups excluding carboxylic acids is 1. The second kappa shape index (κ2) is 7.04. The molecule has 2 heterocycles. The van der Waals surface area contributed by atoms with Crippen LogP contribution in [0, 0.1) is 58.7 Å². The van der Waals surface area contributed by atoms with Gasteiger partial charge in [-0.2, -0.15) is 0 Å². The lowest BCUT2D eigenvalue weighted by atomic mass is 9.51. The first-order chi connectivity index (χ1) is 14.4. The van der Waals surface area contributed by atoms with Crippen molar-refractivity contribution in [3.8, 4) is 0 Å². The van der Waals surface area contributed by atoms with Gasteiger partial charge in [0.1, 0.15) is 5.78 Å². The average molecular weight is 414 g/mol. The molecule has 3 nitrogen and oxygen atoms in total. The molecule has 3 heteroatoms. The van der Waals surface area contributed by atoms with Crippen LogP contribution in [0.4, 0.5) is 0 Å². The molecule has 6 aliphatic rings. The predicted octanol–water partition coefficient (Wildman–Crippen LogP) is 4.77. The number of hydrogen-bond acceptors (Lipinski definition) is 3. The summed E-state index contributed by atoms with van der Waals surface area (Å²) in [6, 6.07) is 0.839. The summed E-state index contributed by atoms with van der Waals surface area (Å²) < 4.78 is 0. The van der Waals surface area contributed by atoms with E-state index < -0.39 is 0 Å². The van der Waals surface area contributed by atoms with Crippen LogP contribution >= 0.6 is 0 Å². The van der Waals surface area contributed by atoms with Crippen molar-refractivity contribution in [2.24, 2.45) is 58.7 Å². The molecular weight excluding hydrogens is 370 g/mol. The van der Waals surface area contributed by atoms with E-state index in [9.17, 15) is 9.90 Å². The van der Waals surface area contributed by atoms with Crippen molar-refractivity contribution < 1.29 is 9.90 Å². The van der Waals surface area contributed by atoms with Gasteiger partial charge >= 0.3 is 0 Å². The van der Waals surface area contributed by atoms with Crippen molar-refractivity contribution in [2.45, 2.75) is 90.7 Å². The molecule has 0 amide bonds. The highest BCUT2D eigenvalue weighted by molar-refractivity contribution is 5.83. The van der Waals surface area contributed by atoms with Gasteiger partial charge in [-0.05, 0) is 104 Å². The first-order valence-electron chi connectivity index (χ1n) is 13.3. The van der Waals surface area contributed by atoms with Gasteiger partial charge in [-0.15, -0.1) is 0 Å². The van der Waals surface area contributed by atoms with E-state index in [-0.39, 0.29) is 17.4 Å². The number of aliphatic hydroxyl groups is 1. The first-order valence-corrected chi connectivity index (χ1v) is 13.3. The summed E-state index contributed by atoms with van der Waals surface area (Å²) in [7, 11) is 0. The fourth-order valence-electron chi connectivity index (χ4n) is 10.3. The fourth-order valence-corrected chi connectivity index (χ4v) is 10.3. The summed E-state index contributed by atoms with van der Waals surface area (Å²) in [5.74, 6) is 7.19. The van der Waals surface area contributed by atoms with E-state index in [0.717, 1.165) is 73.2 Å². The van der Waals surface area contributed by atoms with Gasteiger partial charge in [0.05, 0.1) is 6.10 Å². The second-order valence-electron chi connectivity index (χ2n) is 13.0. The van der Waals surface area contributed by atoms with E-state index in [1.54, 1.807) is 0 Å². The molecule has 1 N–H and O–H groups in total. The number of hydrogen-bond donors (Lipinski definition) is 1. The van der Waals surface area contributed by atoms with Crippen molar-refractivity contribution >= 4 is 5.78 Å². The number of ketones is 1. The van der Waals surface area contributed by atoms with Crippen LogP contribution in [-0.4, -0.2) is 41.0 Å². The summed E-state index contributed by atoms with van der Waals surface area (Å²) in [6.45, 7) is 10.1. The number of fused-ring (bicyclic) bond motifs is 8. The number of piperidine rings is 2. The van der Waals surface area contributed by atoms with Crippen molar-refractivity contribution in [2.75, 3.05) is 13.1 Å². The molecule has 0 radical (unpaired) electrons. The van der Waals surface area contributed by atoms with E-state index in [1.165, 1.54) is 45.2 Å². The van der Waals surface area contributed by atoms with Crippen LogP contribution in [0.2, 0.25) is 0 Å². The van der Waals surface area contributed by atoms with E-state index in [0.29, 0.717) is 11.7 Å². The fraction of sp³-hybridized carbons (Fsp3) is 0.963. The predicted molar refractivity (Wildman–Crippen MR) is 119 cm³/mol. The molecular formula is C27H43NO2. The largest absolute Gasteiger partial charge is 0.393 e. The van der Waals surface area contributed by atoms with Crippen molar-refractivity contribution in [3.05, 3.63) is 0 Å². The summed E-state index contributed by atoms with van der Waals surface area (Å²) in [5.41, 5.74) is 0.161. The highest BCUT2D eigenvalue weighted by atomic mass is 16.3. The van der Waals surface area contributed by atoms with Gasteiger partial charge < -0.3 is 5.11 Å². The standard InChI is InChI=1S/C27H43NO2/c1-15-4-7-25-16(2)18-5-6-19-20(22(18)14-28(25)13-15)11-23-21(19)12-26(30)24-10-17(29)8-9-27(23,24)3/h15-25,29H,4-14H2,1-3H3/t15-,16+,17-,18-,19+,20-,21-,22+,23-,24+,25+,27+/m0/s1. The molecule has 168 valence electrons. The highest BCUT2D eigenvalue weighted by Gasteiger charge is 2.62. The van der Waals surface area contributed by atoms with E-state index >= 15 is 0 Å². The Morgan fingerprint density at radius 3 is 2.53 bits per heavy atom. The van der Waals surface area contributed by atoms with Crippen molar-refractivity contribution in [3.63, 3.8) is 0 Å². The maximum absolute atomic E-state index is 13.2. The third kappa shape index (κ3) is 2.79. The van der Waals surface area contributed by atoms with Gasteiger partial charge in [-0.25, -0.2) is 0 Å². The number of rotatable bonds is 0. The topological polar surface area (TPSA) is 40.5 Å². The Labute approximate surface area is 183 Å². The van der Waals surface area contributed by atoms with Crippen LogP contribution in [0.1, 0.15) is 78.6 Å². The van der Waals surface area contributed by atoms with Crippen LogP contribution in [-0.2, 0) is 4.79 Å². The maximum Gasteiger partial charge on any atom is 0.136 e. The van der Waals surface area contributed by atoms with Gasteiger partial charge in [0, 0.05) is 31.5 Å². The zero-order chi connectivity index (χ0) is 20.8. The third-order valence-corrected chi connectivity index (χ3v) is 11.8. The monoisotopic (exact) mass is 413 g/mol. The molecule has 4 aliphatic carbocycles. The minimum Gasteiger partial charge on any atom is -0.393 e. The summed E-state index contributed by atoms with van der Waals surface area (Å²) in [6.07, 6.45) is 10.3. The highest BCUT2D eigenvalue weighted by Crippen LogP contribution is 2.66. The molecule has 30 heavy (non-hydrogen) atoms. The van der Waals surface area contributed by atoms with Gasteiger partial charge in [-0.1, -0.05) is 20.8 Å². The molecule has 2 saturated heterocycles.